The summed E-state index contributed by atoms with van der Waals surface area (Å²) in [5.74, 6) is 0. The van der Waals surface area contributed by atoms with Gasteiger partial charge in [0.2, 0.25) is 0 Å². The zero-order chi connectivity index (χ0) is 7.40. The highest BCUT2D eigenvalue weighted by Crippen LogP contribution is 2.19. The summed E-state index contributed by atoms with van der Waals surface area (Å²) in [5.41, 5.74) is 0. The molecule has 0 aliphatic carbocycles. The van der Waals surface area contributed by atoms with Gasteiger partial charge in [-0.3, -0.25) is 5.09 Å². The van der Waals surface area contributed by atoms with Gasteiger partial charge in [-0.15, -0.1) is 0 Å². The Hall–Kier alpha value is 0.780. The third-order valence-corrected chi connectivity index (χ3v) is 3.08. The topological polar surface area (TPSA) is 15.3 Å². The van der Waals surface area contributed by atoms with E-state index < -0.39 is 0 Å². The van der Waals surface area contributed by atoms with Crippen LogP contribution in [0.5, 0.6) is 0 Å². The van der Waals surface area contributed by atoms with Gasteiger partial charge < -0.3 is 4.90 Å². The van der Waals surface area contributed by atoms with Crippen LogP contribution < -0.4 is 5.09 Å². The third-order valence-electron chi connectivity index (χ3n) is 2.01. The lowest BCUT2D eigenvalue weighted by Gasteiger charge is -2.28. The van der Waals surface area contributed by atoms with Crippen LogP contribution in [0, 0.1) is 0 Å². The fraction of sp³-hybridized carbons (Fsp3) is 1.00. The second-order valence-electron chi connectivity index (χ2n) is 2.87. The quantitative estimate of drug-likeness (QED) is 0.636. The molecule has 0 aromatic rings. The van der Waals surface area contributed by atoms with E-state index in [2.05, 4.69) is 26.0 Å². The molecule has 0 aromatic heterocycles. The average Bonchev–Trinajstić information content (AvgIpc) is 1.95. The molecule has 0 spiro atoms. The van der Waals surface area contributed by atoms with Crippen LogP contribution in [0.15, 0.2) is 0 Å². The van der Waals surface area contributed by atoms with E-state index in [1.165, 1.54) is 25.9 Å². The highest BCUT2D eigenvalue weighted by atomic mass is 32.0. The first-order valence-corrected chi connectivity index (χ1v) is 6.53. The summed E-state index contributed by atoms with van der Waals surface area (Å²) >= 11 is 0. The fourth-order valence-electron chi connectivity index (χ4n) is 1.27. The standard InChI is InChI=1S/C6H16N2P2/c1-8-4-2-6(3-5-8)7-10-9/h6-7,10H,2-5,9H2,1H3. The first-order valence-electron chi connectivity index (χ1n) is 3.72. The van der Waals surface area contributed by atoms with Crippen LogP contribution >= 0.6 is 17.3 Å². The fourth-order valence-corrected chi connectivity index (χ4v) is 2.50. The van der Waals surface area contributed by atoms with E-state index in [0.717, 1.165) is 14.5 Å². The van der Waals surface area contributed by atoms with Crippen molar-refractivity contribution in [1.29, 1.82) is 0 Å². The van der Waals surface area contributed by atoms with Crippen LogP contribution in [0.1, 0.15) is 12.8 Å². The SMILES string of the molecule is CN1CCC(NPP)CC1. The van der Waals surface area contributed by atoms with Gasteiger partial charge in [-0.2, -0.15) is 0 Å². The van der Waals surface area contributed by atoms with Crippen LogP contribution in [0.2, 0.25) is 0 Å². The van der Waals surface area contributed by atoms with Crippen molar-refractivity contribution in [3.63, 3.8) is 0 Å². The van der Waals surface area contributed by atoms with Crippen molar-refractivity contribution in [2.45, 2.75) is 18.9 Å². The Labute approximate surface area is 67.1 Å². The minimum atomic E-state index is 0.784. The zero-order valence-electron chi connectivity index (χ0n) is 6.43. The van der Waals surface area contributed by atoms with E-state index in [-0.39, 0.29) is 0 Å². The van der Waals surface area contributed by atoms with Gasteiger partial charge in [-0.25, -0.2) is 0 Å². The number of hydrogen-bond donors (Lipinski definition) is 1. The van der Waals surface area contributed by atoms with Gasteiger partial charge in [-0.1, -0.05) is 8.93 Å². The summed E-state index contributed by atoms with van der Waals surface area (Å²) in [6, 6.07) is 0.784. The molecule has 2 atom stereocenters. The lowest BCUT2D eigenvalue weighted by molar-refractivity contribution is 0.250. The van der Waals surface area contributed by atoms with E-state index in [1.54, 1.807) is 0 Å². The van der Waals surface area contributed by atoms with Crippen molar-refractivity contribution in [2.24, 2.45) is 0 Å². The van der Waals surface area contributed by atoms with Crippen molar-refractivity contribution in [3.8, 4) is 0 Å². The van der Waals surface area contributed by atoms with E-state index in [0.29, 0.717) is 0 Å². The molecular weight excluding hydrogens is 162 g/mol. The Balaban J connectivity index is 2.13. The van der Waals surface area contributed by atoms with Crippen molar-refractivity contribution < 1.29 is 0 Å². The van der Waals surface area contributed by atoms with E-state index in [1.807, 2.05) is 0 Å². The molecule has 0 bridgehead atoms. The normalized spacial score (nSPS) is 24.6. The molecular formula is C6H16N2P2. The second-order valence-corrected chi connectivity index (χ2v) is 4.31. The van der Waals surface area contributed by atoms with Gasteiger partial charge in [0.1, 0.15) is 0 Å². The maximum Gasteiger partial charge on any atom is 0.0128 e. The number of hydrogen-bond acceptors (Lipinski definition) is 2. The molecule has 2 nitrogen and oxygen atoms in total. The van der Waals surface area contributed by atoms with Gasteiger partial charge >= 0.3 is 0 Å². The molecule has 0 radical (unpaired) electrons. The molecule has 1 heterocycles. The first-order chi connectivity index (χ1) is 4.83. The van der Waals surface area contributed by atoms with Gasteiger partial charge in [0.15, 0.2) is 0 Å². The number of rotatable bonds is 2. The molecule has 0 aromatic carbocycles. The minimum Gasteiger partial charge on any atom is -0.306 e. The predicted molar refractivity (Wildman–Crippen MR) is 51.7 cm³/mol. The molecule has 1 aliphatic rings. The minimum absolute atomic E-state index is 0.784. The number of likely N-dealkylation sites (tertiary alicyclic amines) is 1. The van der Waals surface area contributed by atoms with Crippen LogP contribution in [0.25, 0.3) is 0 Å². The molecule has 1 rings (SSSR count). The molecule has 1 fully saturated rings. The van der Waals surface area contributed by atoms with Crippen molar-refractivity contribution in [1.82, 2.24) is 9.99 Å². The number of nitrogens with one attached hydrogen (secondary N) is 1. The van der Waals surface area contributed by atoms with Crippen molar-refractivity contribution in [2.75, 3.05) is 20.1 Å². The van der Waals surface area contributed by atoms with Gasteiger partial charge in [-0.05, 0) is 41.4 Å². The Kier molecular flexibility index (Phi) is 4.10. The summed E-state index contributed by atoms with van der Waals surface area (Å²) in [7, 11) is 5.76. The van der Waals surface area contributed by atoms with Crippen LogP contribution in [-0.2, 0) is 0 Å². The molecule has 0 saturated carbocycles. The largest absolute Gasteiger partial charge is 0.306 e. The third kappa shape index (κ3) is 2.80. The number of piperidine rings is 1. The van der Waals surface area contributed by atoms with Crippen LogP contribution in [-0.4, -0.2) is 31.1 Å². The molecule has 10 heavy (non-hydrogen) atoms. The summed E-state index contributed by atoms with van der Waals surface area (Å²) in [6.45, 7) is 2.51. The molecule has 60 valence electrons. The van der Waals surface area contributed by atoms with Crippen molar-refractivity contribution >= 4 is 17.3 Å². The summed E-state index contributed by atoms with van der Waals surface area (Å²) < 4.78 is 0. The second kappa shape index (κ2) is 4.62. The summed E-state index contributed by atoms with van der Waals surface area (Å²) in [4.78, 5) is 2.39. The summed E-state index contributed by atoms with van der Waals surface area (Å²) in [6.07, 6.45) is 2.63. The van der Waals surface area contributed by atoms with Crippen LogP contribution in [0.4, 0.5) is 0 Å². The lowest BCUT2D eigenvalue weighted by atomic mass is 10.1. The Bertz CT molecular complexity index is 91.7. The highest BCUT2D eigenvalue weighted by molar-refractivity contribution is 8.01. The Morgan fingerprint density at radius 3 is 2.60 bits per heavy atom. The molecule has 0 amide bonds. The average molecular weight is 178 g/mol. The molecule has 1 aliphatic heterocycles. The maximum absolute atomic E-state index is 3.47. The Morgan fingerprint density at radius 1 is 1.50 bits per heavy atom. The Morgan fingerprint density at radius 2 is 2.10 bits per heavy atom. The monoisotopic (exact) mass is 178 g/mol. The van der Waals surface area contributed by atoms with Crippen LogP contribution in [0.3, 0.4) is 0 Å². The zero-order valence-corrected chi connectivity index (χ0v) is 8.59. The first kappa shape index (κ1) is 8.87. The predicted octanol–water partition coefficient (Wildman–Crippen LogP) is 1.05. The molecule has 1 N–H and O–H groups in total. The van der Waals surface area contributed by atoms with Gasteiger partial charge in [0.05, 0.1) is 0 Å². The molecule has 4 heteroatoms. The van der Waals surface area contributed by atoms with E-state index in [9.17, 15) is 0 Å². The smallest absolute Gasteiger partial charge is 0.0128 e. The van der Waals surface area contributed by atoms with E-state index in [4.69, 9.17) is 0 Å². The highest BCUT2D eigenvalue weighted by Gasteiger charge is 2.14. The van der Waals surface area contributed by atoms with Crippen molar-refractivity contribution in [3.05, 3.63) is 0 Å². The maximum atomic E-state index is 3.47. The van der Waals surface area contributed by atoms with Gasteiger partial charge in [0, 0.05) is 6.04 Å². The number of nitrogens with zero attached hydrogens (tertiary/aromatic N) is 1. The molecule has 2 unspecified atom stereocenters. The molecule has 1 saturated heterocycles. The van der Waals surface area contributed by atoms with Gasteiger partial charge in [0.25, 0.3) is 0 Å². The summed E-state index contributed by atoms with van der Waals surface area (Å²) in [5, 5.41) is 3.47. The lowest BCUT2D eigenvalue weighted by Crippen LogP contribution is -2.37. The van der Waals surface area contributed by atoms with E-state index >= 15 is 0 Å².